The van der Waals surface area contributed by atoms with E-state index in [4.69, 9.17) is 9.15 Å². The molecule has 2 aromatic heterocycles. The van der Waals surface area contributed by atoms with Gasteiger partial charge < -0.3 is 9.15 Å². The summed E-state index contributed by atoms with van der Waals surface area (Å²) in [5.74, 6) is 0.798. The van der Waals surface area contributed by atoms with Gasteiger partial charge in [-0.05, 0) is 37.6 Å². The maximum absolute atomic E-state index is 11.9. The van der Waals surface area contributed by atoms with Crippen LogP contribution in [-0.2, 0) is 10.5 Å². The third kappa shape index (κ3) is 3.40. The number of furan rings is 1. The van der Waals surface area contributed by atoms with Crippen LogP contribution in [0.2, 0.25) is 0 Å². The Bertz CT molecular complexity index is 841. The largest absolute Gasteiger partial charge is 0.468 e. The first kappa shape index (κ1) is 15.6. The van der Waals surface area contributed by atoms with Crippen LogP contribution >= 0.6 is 11.8 Å². The molecule has 0 aliphatic rings. The minimum Gasteiger partial charge on any atom is -0.468 e. The molecule has 0 spiro atoms. The van der Waals surface area contributed by atoms with E-state index in [0.29, 0.717) is 23.7 Å². The molecule has 23 heavy (non-hydrogen) atoms. The van der Waals surface area contributed by atoms with Gasteiger partial charge in [-0.1, -0.05) is 30.0 Å². The van der Waals surface area contributed by atoms with Crippen molar-refractivity contribution in [3.05, 3.63) is 59.5 Å². The van der Waals surface area contributed by atoms with E-state index in [-0.39, 0.29) is 5.97 Å². The Balaban J connectivity index is 1.79. The molecule has 0 fully saturated rings. The second kappa shape index (κ2) is 6.87. The monoisotopic (exact) mass is 327 g/mol. The number of thioether (sulfide) groups is 1. The molecule has 3 aromatic rings. The van der Waals surface area contributed by atoms with Crippen molar-refractivity contribution < 1.29 is 13.9 Å². The number of rotatable bonds is 5. The fourth-order valence-corrected chi connectivity index (χ4v) is 3.30. The van der Waals surface area contributed by atoms with Gasteiger partial charge in [0.2, 0.25) is 0 Å². The second-order valence-electron chi connectivity index (χ2n) is 5.06. The topological polar surface area (TPSA) is 52.3 Å². The van der Waals surface area contributed by atoms with E-state index >= 15 is 0 Å². The Morgan fingerprint density at radius 2 is 2.13 bits per heavy atom. The van der Waals surface area contributed by atoms with Crippen LogP contribution in [0, 0.1) is 6.92 Å². The molecule has 3 rings (SSSR count). The molecule has 0 unspecified atom stereocenters. The first-order valence-electron chi connectivity index (χ1n) is 7.41. The van der Waals surface area contributed by atoms with E-state index < -0.39 is 0 Å². The maximum atomic E-state index is 11.9. The number of hydrogen-bond donors (Lipinski definition) is 0. The number of carbonyl (C=O) groups is 1. The van der Waals surface area contributed by atoms with Crippen LogP contribution in [0.15, 0.2) is 52.1 Å². The van der Waals surface area contributed by atoms with Crippen molar-refractivity contribution in [3.63, 3.8) is 0 Å². The summed E-state index contributed by atoms with van der Waals surface area (Å²) in [5.41, 5.74) is 2.64. The Hall–Kier alpha value is -2.27. The number of fused-ring (bicyclic) bond motifs is 1. The molecule has 0 saturated carbocycles. The average Bonchev–Trinajstić information content (AvgIpc) is 3.02. The average molecular weight is 327 g/mol. The molecule has 0 saturated heterocycles. The Morgan fingerprint density at radius 1 is 1.30 bits per heavy atom. The number of benzene rings is 1. The minimum atomic E-state index is -0.348. The van der Waals surface area contributed by atoms with Gasteiger partial charge in [-0.25, -0.2) is 9.78 Å². The molecule has 0 N–H and O–H groups in total. The molecule has 4 nitrogen and oxygen atoms in total. The molecular formula is C18H17NO3S. The fourth-order valence-electron chi connectivity index (χ4n) is 2.38. The van der Waals surface area contributed by atoms with Crippen molar-refractivity contribution in [2.45, 2.75) is 24.6 Å². The molecule has 0 radical (unpaired) electrons. The summed E-state index contributed by atoms with van der Waals surface area (Å²) in [5, 5.41) is 2.06. The van der Waals surface area contributed by atoms with E-state index in [1.165, 1.54) is 11.8 Å². The van der Waals surface area contributed by atoms with E-state index in [1.54, 1.807) is 24.8 Å². The normalized spacial score (nSPS) is 10.9. The van der Waals surface area contributed by atoms with Crippen molar-refractivity contribution in [2.24, 2.45) is 0 Å². The van der Waals surface area contributed by atoms with Gasteiger partial charge in [-0.3, -0.25) is 0 Å². The quantitative estimate of drug-likeness (QED) is 0.506. The molecule has 0 amide bonds. The molecule has 2 heterocycles. The zero-order valence-corrected chi connectivity index (χ0v) is 13.9. The number of para-hydroxylation sites is 1. The molecule has 0 aliphatic carbocycles. The molecular weight excluding hydrogens is 310 g/mol. The van der Waals surface area contributed by atoms with Gasteiger partial charge in [0.25, 0.3) is 0 Å². The van der Waals surface area contributed by atoms with Crippen LogP contribution in [0.3, 0.4) is 0 Å². The Kier molecular flexibility index (Phi) is 4.67. The molecule has 0 aliphatic heterocycles. The third-order valence-electron chi connectivity index (χ3n) is 3.49. The smallest absolute Gasteiger partial charge is 0.341 e. The van der Waals surface area contributed by atoms with Crippen LogP contribution in [0.25, 0.3) is 10.9 Å². The lowest BCUT2D eigenvalue weighted by Crippen LogP contribution is -2.05. The number of pyridine rings is 1. The van der Waals surface area contributed by atoms with Gasteiger partial charge in [0, 0.05) is 5.39 Å². The van der Waals surface area contributed by atoms with Crippen LogP contribution in [0.5, 0.6) is 0 Å². The van der Waals surface area contributed by atoms with Gasteiger partial charge in [-0.15, -0.1) is 0 Å². The highest BCUT2D eigenvalue weighted by atomic mass is 32.2. The molecule has 0 bridgehead atoms. The lowest BCUT2D eigenvalue weighted by Gasteiger charge is -2.06. The summed E-state index contributed by atoms with van der Waals surface area (Å²) in [6.07, 6.45) is 1.52. The SMILES string of the molecule is CCOC(=O)c1ccoc1CSc1cc(C)c2ccccc2n1. The summed E-state index contributed by atoms with van der Waals surface area (Å²) in [4.78, 5) is 16.5. The van der Waals surface area contributed by atoms with Crippen molar-refractivity contribution in [1.82, 2.24) is 4.98 Å². The van der Waals surface area contributed by atoms with E-state index in [0.717, 1.165) is 15.9 Å². The van der Waals surface area contributed by atoms with Gasteiger partial charge in [0.1, 0.15) is 11.3 Å². The van der Waals surface area contributed by atoms with Gasteiger partial charge in [-0.2, -0.15) is 0 Å². The van der Waals surface area contributed by atoms with E-state index in [2.05, 4.69) is 24.0 Å². The van der Waals surface area contributed by atoms with Crippen LogP contribution in [0.4, 0.5) is 0 Å². The lowest BCUT2D eigenvalue weighted by molar-refractivity contribution is 0.0524. The molecule has 5 heteroatoms. The summed E-state index contributed by atoms with van der Waals surface area (Å²) in [6.45, 7) is 4.21. The highest BCUT2D eigenvalue weighted by molar-refractivity contribution is 7.98. The van der Waals surface area contributed by atoms with E-state index in [1.807, 2.05) is 18.2 Å². The Morgan fingerprint density at radius 3 is 2.96 bits per heavy atom. The molecule has 118 valence electrons. The summed E-state index contributed by atoms with van der Waals surface area (Å²) >= 11 is 1.54. The molecule has 1 aromatic carbocycles. The minimum absolute atomic E-state index is 0.348. The van der Waals surface area contributed by atoms with Crippen LogP contribution in [0.1, 0.15) is 28.6 Å². The lowest BCUT2D eigenvalue weighted by atomic mass is 10.1. The number of nitrogens with zero attached hydrogens (tertiary/aromatic N) is 1. The highest BCUT2D eigenvalue weighted by Gasteiger charge is 2.16. The van der Waals surface area contributed by atoms with Gasteiger partial charge in [0.05, 0.1) is 29.2 Å². The number of aryl methyl sites for hydroxylation is 1. The standard InChI is InChI=1S/C18H17NO3S/c1-3-21-18(20)14-8-9-22-16(14)11-23-17-10-12(2)13-6-4-5-7-15(13)19-17/h4-10H,3,11H2,1-2H3. The fraction of sp³-hybridized carbons (Fsp3) is 0.222. The summed E-state index contributed by atoms with van der Waals surface area (Å²) in [7, 11) is 0. The zero-order valence-electron chi connectivity index (χ0n) is 13.0. The predicted molar refractivity (Wildman–Crippen MR) is 90.7 cm³/mol. The number of hydrogen-bond acceptors (Lipinski definition) is 5. The van der Waals surface area contributed by atoms with Gasteiger partial charge >= 0.3 is 5.97 Å². The predicted octanol–water partition coefficient (Wildman–Crippen LogP) is 4.61. The summed E-state index contributed by atoms with van der Waals surface area (Å²) < 4.78 is 10.5. The molecule has 0 atom stereocenters. The first-order valence-corrected chi connectivity index (χ1v) is 8.40. The van der Waals surface area contributed by atoms with Gasteiger partial charge in [0.15, 0.2) is 0 Å². The van der Waals surface area contributed by atoms with Crippen LogP contribution < -0.4 is 0 Å². The van der Waals surface area contributed by atoms with Crippen molar-refractivity contribution in [1.29, 1.82) is 0 Å². The number of carbonyl (C=O) groups excluding carboxylic acids is 1. The maximum Gasteiger partial charge on any atom is 0.341 e. The van der Waals surface area contributed by atoms with E-state index in [9.17, 15) is 4.79 Å². The second-order valence-corrected chi connectivity index (χ2v) is 6.06. The number of ether oxygens (including phenoxy) is 1. The highest BCUT2D eigenvalue weighted by Crippen LogP contribution is 2.27. The van der Waals surface area contributed by atoms with Crippen molar-refractivity contribution in [2.75, 3.05) is 6.61 Å². The van der Waals surface area contributed by atoms with Crippen molar-refractivity contribution >= 4 is 28.6 Å². The number of esters is 1. The first-order chi connectivity index (χ1) is 11.2. The van der Waals surface area contributed by atoms with Crippen molar-refractivity contribution in [3.8, 4) is 0 Å². The summed E-state index contributed by atoms with van der Waals surface area (Å²) in [6, 6.07) is 11.8. The number of aromatic nitrogens is 1. The zero-order chi connectivity index (χ0) is 16.2. The Labute approximate surface area is 138 Å². The third-order valence-corrected chi connectivity index (χ3v) is 4.40. The van der Waals surface area contributed by atoms with Crippen LogP contribution in [-0.4, -0.2) is 17.6 Å².